The van der Waals surface area contributed by atoms with Crippen LogP contribution < -0.4 is 15.1 Å². The molecule has 0 radical (unpaired) electrons. The van der Waals surface area contributed by atoms with Crippen molar-refractivity contribution in [2.45, 2.75) is 31.7 Å². The molecule has 6 nitrogen and oxygen atoms in total. The van der Waals surface area contributed by atoms with E-state index >= 15 is 0 Å². The molecule has 4 rings (SSSR count). The molecule has 2 aliphatic heterocycles. The fourth-order valence-corrected chi connectivity index (χ4v) is 4.12. The Balaban J connectivity index is 1.69. The van der Waals surface area contributed by atoms with Crippen molar-refractivity contribution >= 4 is 34.9 Å². The van der Waals surface area contributed by atoms with Gasteiger partial charge >= 0.3 is 0 Å². The van der Waals surface area contributed by atoms with Gasteiger partial charge in [-0.05, 0) is 56.1 Å². The monoisotopic (exact) mass is 398 g/mol. The van der Waals surface area contributed by atoms with Crippen molar-refractivity contribution in [3.63, 3.8) is 0 Å². The fourth-order valence-electron chi connectivity index (χ4n) is 3.91. The first-order chi connectivity index (χ1) is 13.6. The van der Waals surface area contributed by atoms with Crippen LogP contribution in [0.1, 0.15) is 36.0 Å². The van der Waals surface area contributed by atoms with Crippen LogP contribution in [-0.2, 0) is 4.79 Å². The topological polar surface area (TPSA) is 65.5 Å². The maximum absolute atomic E-state index is 13.5. The molecule has 3 heterocycles. The van der Waals surface area contributed by atoms with E-state index in [9.17, 15) is 9.59 Å². The quantitative estimate of drug-likeness (QED) is 0.858. The summed E-state index contributed by atoms with van der Waals surface area (Å²) in [5, 5.41) is 3.81. The molecule has 1 aromatic heterocycles. The third-order valence-electron chi connectivity index (χ3n) is 5.30. The number of hydrogen-bond acceptors (Lipinski definition) is 4. The van der Waals surface area contributed by atoms with Gasteiger partial charge in [0, 0.05) is 37.0 Å². The number of benzene rings is 1. The first-order valence-electron chi connectivity index (χ1n) is 9.70. The number of hydrogen-bond donors (Lipinski definition) is 1. The summed E-state index contributed by atoms with van der Waals surface area (Å²) in [5.41, 5.74) is 1.30. The zero-order valence-electron chi connectivity index (χ0n) is 15.6. The third kappa shape index (κ3) is 3.75. The van der Waals surface area contributed by atoms with Crippen LogP contribution in [0, 0.1) is 0 Å². The van der Waals surface area contributed by atoms with E-state index < -0.39 is 0 Å². The Morgan fingerprint density at radius 3 is 2.86 bits per heavy atom. The van der Waals surface area contributed by atoms with Crippen molar-refractivity contribution < 1.29 is 9.59 Å². The third-order valence-corrected chi connectivity index (χ3v) is 5.60. The summed E-state index contributed by atoms with van der Waals surface area (Å²) in [7, 11) is 0. The van der Waals surface area contributed by atoms with Crippen molar-refractivity contribution in [3.8, 4) is 0 Å². The molecule has 0 unspecified atom stereocenters. The van der Waals surface area contributed by atoms with Crippen molar-refractivity contribution in [1.29, 1.82) is 0 Å². The standard InChI is InChI=1S/C21H23ClN4O2/c22-18-8-3-11-24-20(18)26(17-7-2-10-23-14-17)21(28)15-5-1-6-16(13-15)25-12-4-9-19(25)27/h1,3,5-6,8,11,13,17,23H,2,4,7,9-10,12,14H2/t17-/m1/s1. The number of halogens is 1. The van der Waals surface area contributed by atoms with Crippen LogP contribution >= 0.6 is 11.6 Å². The van der Waals surface area contributed by atoms with Crippen LogP contribution in [-0.4, -0.2) is 42.5 Å². The van der Waals surface area contributed by atoms with E-state index in [0.717, 1.165) is 31.5 Å². The molecule has 146 valence electrons. The minimum absolute atomic E-state index is 0.0225. The molecule has 1 atom stereocenters. The average molecular weight is 399 g/mol. The summed E-state index contributed by atoms with van der Waals surface area (Å²) >= 11 is 6.39. The maximum atomic E-state index is 13.5. The van der Waals surface area contributed by atoms with Crippen LogP contribution in [0.15, 0.2) is 42.6 Å². The van der Waals surface area contributed by atoms with E-state index in [0.29, 0.717) is 35.9 Å². The van der Waals surface area contributed by atoms with Gasteiger partial charge in [-0.2, -0.15) is 0 Å². The van der Waals surface area contributed by atoms with Crippen LogP contribution in [0.5, 0.6) is 0 Å². The summed E-state index contributed by atoms with van der Waals surface area (Å²) in [4.78, 5) is 33.5. The highest BCUT2D eigenvalue weighted by Crippen LogP contribution is 2.29. The van der Waals surface area contributed by atoms with E-state index in [-0.39, 0.29) is 17.9 Å². The van der Waals surface area contributed by atoms with E-state index in [1.165, 1.54) is 0 Å². The largest absolute Gasteiger partial charge is 0.315 e. The van der Waals surface area contributed by atoms with E-state index in [1.807, 2.05) is 12.1 Å². The molecule has 0 aliphatic carbocycles. The van der Waals surface area contributed by atoms with Crippen molar-refractivity contribution in [1.82, 2.24) is 10.3 Å². The van der Waals surface area contributed by atoms with Crippen molar-refractivity contribution in [2.75, 3.05) is 29.4 Å². The molecule has 2 fully saturated rings. The highest BCUT2D eigenvalue weighted by Gasteiger charge is 2.31. The van der Waals surface area contributed by atoms with Crippen LogP contribution in [0.3, 0.4) is 0 Å². The molecule has 28 heavy (non-hydrogen) atoms. The first-order valence-corrected chi connectivity index (χ1v) is 10.1. The molecular weight excluding hydrogens is 376 g/mol. The Hall–Kier alpha value is -2.44. The molecule has 2 aliphatic rings. The molecule has 1 aromatic carbocycles. The molecular formula is C21H23ClN4O2. The normalized spacial score (nSPS) is 19.7. The Labute approximate surface area is 169 Å². The summed E-state index contributed by atoms with van der Waals surface area (Å²) in [6.07, 6.45) is 4.93. The number of amides is 2. The number of pyridine rings is 1. The highest BCUT2D eigenvalue weighted by molar-refractivity contribution is 6.33. The predicted octanol–water partition coefficient (Wildman–Crippen LogP) is 3.26. The summed E-state index contributed by atoms with van der Waals surface area (Å²) in [6, 6.07) is 10.8. The number of anilines is 2. The number of nitrogens with one attached hydrogen (secondary N) is 1. The number of rotatable bonds is 4. The molecule has 0 saturated carbocycles. The lowest BCUT2D eigenvalue weighted by atomic mass is 10.0. The molecule has 2 saturated heterocycles. The summed E-state index contributed by atoms with van der Waals surface area (Å²) in [5.74, 6) is 0.430. The van der Waals surface area contributed by atoms with Gasteiger partial charge in [0.2, 0.25) is 5.91 Å². The Morgan fingerprint density at radius 2 is 2.14 bits per heavy atom. The summed E-state index contributed by atoms with van der Waals surface area (Å²) < 4.78 is 0. The predicted molar refractivity (Wildman–Crippen MR) is 110 cm³/mol. The van der Waals surface area contributed by atoms with Crippen molar-refractivity contribution in [3.05, 3.63) is 53.2 Å². The number of aromatic nitrogens is 1. The molecule has 0 spiro atoms. The molecule has 1 N–H and O–H groups in total. The van der Waals surface area contributed by atoms with Gasteiger partial charge in [0.15, 0.2) is 5.82 Å². The van der Waals surface area contributed by atoms with Gasteiger partial charge in [-0.3, -0.25) is 14.5 Å². The second-order valence-electron chi connectivity index (χ2n) is 7.18. The minimum Gasteiger partial charge on any atom is -0.315 e. The molecule has 0 bridgehead atoms. The number of carbonyl (C=O) groups excluding carboxylic acids is 2. The lowest BCUT2D eigenvalue weighted by molar-refractivity contribution is -0.117. The maximum Gasteiger partial charge on any atom is 0.259 e. The Bertz CT molecular complexity index is 882. The lowest BCUT2D eigenvalue weighted by Crippen LogP contribution is -2.49. The highest BCUT2D eigenvalue weighted by atomic mass is 35.5. The van der Waals surface area contributed by atoms with E-state index in [2.05, 4.69) is 10.3 Å². The zero-order chi connectivity index (χ0) is 19.5. The van der Waals surface area contributed by atoms with E-state index in [1.54, 1.807) is 40.3 Å². The summed E-state index contributed by atoms with van der Waals surface area (Å²) in [6.45, 7) is 2.34. The molecule has 2 aromatic rings. The average Bonchev–Trinajstić information content (AvgIpc) is 3.16. The number of nitrogens with zero attached hydrogens (tertiary/aromatic N) is 3. The van der Waals surface area contributed by atoms with Crippen LogP contribution in [0.2, 0.25) is 5.02 Å². The Morgan fingerprint density at radius 1 is 1.25 bits per heavy atom. The van der Waals surface area contributed by atoms with Gasteiger partial charge in [0.1, 0.15) is 0 Å². The van der Waals surface area contributed by atoms with E-state index in [4.69, 9.17) is 11.6 Å². The molecule has 2 amide bonds. The Kier molecular flexibility index (Phi) is 5.59. The SMILES string of the molecule is O=C1CCCN1c1cccc(C(=O)N(c2ncccc2Cl)[C@@H]2CCCNC2)c1. The number of carbonyl (C=O) groups is 2. The van der Waals surface area contributed by atoms with Gasteiger partial charge in [0.25, 0.3) is 5.91 Å². The zero-order valence-corrected chi connectivity index (χ0v) is 16.4. The minimum atomic E-state index is -0.150. The van der Waals surface area contributed by atoms with Crippen LogP contribution in [0.4, 0.5) is 11.5 Å². The smallest absolute Gasteiger partial charge is 0.259 e. The fraction of sp³-hybridized carbons (Fsp3) is 0.381. The van der Waals surface area contributed by atoms with Gasteiger partial charge < -0.3 is 10.2 Å². The number of piperidine rings is 1. The second kappa shape index (κ2) is 8.29. The molecule has 7 heteroatoms. The van der Waals surface area contributed by atoms with Crippen LogP contribution in [0.25, 0.3) is 0 Å². The van der Waals surface area contributed by atoms with Gasteiger partial charge in [0.05, 0.1) is 11.1 Å². The van der Waals surface area contributed by atoms with Gasteiger partial charge in [-0.15, -0.1) is 0 Å². The lowest BCUT2D eigenvalue weighted by Gasteiger charge is -2.34. The van der Waals surface area contributed by atoms with Crippen molar-refractivity contribution in [2.24, 2.45) is 0 Å². The second-order valence-corrected chi connectivity index (χ2v) is 7.59. The van der Waals surface area contributed by atoms with Gasteiger partial charge in [-0.1, -0.05) is 17.7 Å². The van der Waals surface area contributed by atoms with Gasteiger partial charge in [-0.25, -0.2) is 4.98 Å². The first kappa shape index (κ1) is 18.9.